The van der Waals surface area contributed by atoms with Crippen molar-refractivity contribution in [1.29, 1.82) is 0 Å². The van der Waals surface area contributed by atoms with Crippen LogP contribution in [0.25, 0.3) is 0 Å². The Kier molecular flexibility index (Phi) is 6.06. The van der Waals surface area contributed by atoms with Gasteiger partial charge in [-0.05, 0) is 54.9 Å². The van der Waals surface area contributed by atoms with Crippen LogP contribution in [-0.4, -0.2) is 47.0 Å². The third-order valence-electron chi connectivity index (χ3n) is 5.51. The van der Waals surface area contributed by atoms with Crippen LogP contribution in [0.1, 0.15) is 60.7 Å². The number of carbonyl (C=O) groups is 3. The highest BCUT2D eigenvalue weighted by Crippen LogP contribution is 2.40. The van der Waals surface area contributed by atoms with Crippen LogP contribution in [0.5, 0.6) is 5.75 Å². The summed E-state index contributed by atoms with van der Waals surface area (Å²) < 4.78 is 12.3. The molecule has 1 aromatic heterocycles. The van der Waals surface area contributed by atoms with Crippen molar-refractivity contribution in [2.75, 3.05) is 18.4 Å². The standard InChI is InChI=1S/C23H25BrN2O5S/c1-22(2,3)31-21(29)25-19-15(12-18(24)32-19)20(28)26-10-8-23(9-11-26)13-16(27)14-6-4-5-7-17(14)30-23/h4-7,12H,8-11,13H2,1-3H3,(H,25,29). The maximum absolute atomic E-state index is 13.2. The van der Waals surface area contributed by atoms with Crippen molar-refractivity contribution in [3.8, 4) is 5.75 Å². The summed E-state index contributed by atoms with van der Waals surface area (Å²) in [5.74, 6) is 0.529. The Labute approximate surface area is 199 Å². The van der Waals surface area contributed by atoms with Crippen LogP contribution in [0.2, 0.25) is 0 Å². The quantitative estimate of drug-likeness (QED) is 0.565. The van der Waals surface area contributed by atoms with Crippen molar-refractivity contribution >= 4 is 50.1 Å². The average Bonchev–Trinajstić information content (AvgIpc) is 3.06. The fraction of sp³-hybridized carbons (Fsp3) is 0.435. The second-order valence-corrected chi connectivity index (χ2v) is 11.5. The van der Waals surface area contributed by atoms with Crippen LogP contribution in [0.15, 0.2) is 34.1 Å². The van der Waals surface area contributed by atoms with Gasteiger partial charge >= 0.3 is 6.09 Å². The van der Waals surface area contributed by atoms with E-state index >= 15 is 0 Å². The molecular weight excluding hydrogens is 496 g/mol. The van der Waals surface area contributed by atoms with Crippen LogP contribution in [0, 0.1) is 0 Å². The lowest BCUT2D eigenvalue weighted by Crippen LogP contribution is -2.52. The number of para-hydroxylation sites is 1. The number of piperidine rings is 1. The van der Waals surface area contributed by atoms with E-state index in [-0.39, 0.29) is 11.7 Å². The van der Waals surface area contributed by atoms with Gasteiger partial charge in [0.15, 0.2) is 5.78 Å². The van der Waals surface area contributed by atoms with Gasteiger partial charge in [0.25, 0.3) is 5.91 Å². The summed E-state index contributed by atoms with van der Waals surface area (Å²) in [5, 5.41) is 3.13. The first-order valence-corrected chi connectivity index (χ1v) is 12.1. The topological polar surface area (TPSA) is 84.9 Å². The third kappa shape index (κ3) is 4.83. The summed E-state index contributed by atoms with van der Waals surface area (Å²) >= 11 is 4.67. The summed E-state index contributed by atoms with van der Waals surface area (Å²) in [4.78, 5) is 39.8. The number of thiophene rings is 1. The first-order chi connectivity index (χ1) is 15.1. The monoisotopic (exact) mass is 520 g/mol. The molecule has 1 aromatic carbocycles. The number of amides is 2. The van der Waals surface area contributed by atoms with E-state index in [0.717, 1.165) is 3.79 Å². The van der Waals surface area contributed by atoms with Crippen molar-refractivity contribution in [2.24, 2.45) is 0 Å². The van der Waals surface area contributed by atoms with Crippen LogP contribution >= 0.6 is 27.3 Å². The number of likely N-dealkylation sites (tertiary alicyclic amines) is 1. The summed E-state index contributed by atoms with van der Waals surface area (Å²) in [6.07, 6.45) is 0.852. The SMILES string of the molecule is CC(C)(C)OC(=O)Nc1sc(Br)cc1C(=O)N1CCC2(CC1)CC(=O)c1ccccc1O2. The number of halogens is 1. The zero-order valence-electron chi connectivity index (χ0n) is 18.2. The van der Waals surface area contributed by atoms with Gasteiger partial charge in [0.05, 0.1) is 21.3 Å². The van der Waals surface area contributed by atoms with Crippen molar-refractivity contribution in [1.82, 2.24) is 4.90 Å². The molecule has 0 aliphatic carbocycles. The lowest BCUT2D eigenvalue weighted by molar-refractivity contribution is -0.00567. The number of ketones is 1. The molecule has 3 heterocycles. The van der Waals surface area contributed by atoms with Gasteiger partial charge < -0.3 is 14.4 Å². The van der Waals surface area contributed by atoms with Crippen LogP contribution < -0.4 is 10.1 Å². The molecule has 2 amide bonds. The molecule has 2 aromatic rings. The Hall–Kier alpha value is -2.39. The molecule has 32 heavy (non-hydrogen) atoms. The van der Waals surface area contributed by atoms with Gasteiger partial charge in [-0.3, -0.25) is 14.9 Å². The zero-order chi connectivity index (χ0) is 23.1. The van der Waals surface area contributed by atoms with E-state index in [2.05, 4.69) is 21.2 Å². The first-order valence-electron chi connectivity index (χ1n) is 10.5. The average molecular weight is 521 g/mol. The third-order valence-corrected chi connectivity index (χ3v) is 7.06. The van der Waals surface area contributed by atoms with Gasteiger partial charge in [0.2, 0.25) is 0 Å². The van der Waals surface area contributed by atoms with Gasteiger partial charge in [0, 0.05) is 25.9 Å². The lowest BCUT2D eigenvalue weighted by atomic mass is 9.82. The number of ether oxygens (including phenoxy) is 2. The summed E-state index contributed by atoms with van der Waals surface area (Å²) in [5.41, 5.74) is -0.179. The van der Waals surface area contributed by atoms with E-state index in [1.807, 2.05) is 18.2 Å². The minimum absolute atomic E-state index is 0.0808. The fourth-order valence-electron chi connectivity index (χ4n) is 4.02. The zero-order valence-corrected chi connectivity index (χ0v) is 20.6. The number of Topliss-reactive ketones (excluding diaryl/α,β-unsaturated/α-hetero) is 1. The molecule has 4 rings (SSSR count). The van der Waals surface area contributed by atoms with Crippen molar-refractivity contribution in [2.45, 2.75) is 51.2 Å². The molecule has 9 heteroatoms. The number of benzene rings is 1. The van der Waals surface area contributed by atoms with Crippen LogP contribution in [0.3, 0.4) is 0 Å². The van der Waals surface area contributed by atoms with E-state index in [9.17, 15) is 14.4 Å². The van der Waals surface area contributed by atoms with Gasteiger partial charge in [-0.25, -0.2) is 4.79 Å². The number of nitrogens with one attached hydrogen (secondary N) is 1. The van der Waals surface area contributed by atoms with Gasteiger partial charge in [-0.15, -0.1) is 11.3 Å². The van der Waals surface area contributed by atoms with Crippen LogP contribution in [-0.2, 0) is 4.74 Å². The lowest BCUT2D eigenvalue weighted by Gasteiger charge is -2.43. The number of fused-ring (bicyclic) bond motifs is 1. The minimum Gasteiger partial charge on any atom is -0.486 e. The van der Waals surface area contributed by atoms with E-state index in [1.54, 1.807) is 37.8 Å². The number of hydrogen-bond acceptors (Lipinski definition) is 6. The summed E-state index contributed by atoms with van der Waals surface area (Å²) in [6, 6.07) is 9.01. The second-order valence-electron chi connectivity index (χ2n) is 9.09. The number of anilines is 1. The molecule has 1 saturated heterocycles. The smallest absolute Gasteiger partial charge is 0.412 e. The second kappa shape index (κ2) is 8.51. The fourth-order valence-corrected chi connectivity index (χ4v) is 5.50. The minimum atomic E-state index is -0.639. The maximum Gasteiger partial charge on any atom is 0.412 e. The van der Waals surface area contributed by atoms with E-state index < -0.39 is 17.3 Å². The molecule has 0 unspecified atom stereocenters. The van der Waals surface area contributed by atoms with E-state index in [4.69, 9.17) is 9.47 Å². The highest BCUT2D eigenvalue weighted by Gasteiger charge is 2.44. The molecule has 1 fully saturated rings. The van der Waals surface area contributed by atoms with E-state index in [1.165, 1.54) is 11.3 Å². The molecule has 0 bridgehead atoms. The number of nitrogens with zero attached hydrogens (tertiary/aromatic N) is 1. The molecule has 0 atom stereocenters. The Morgan fingerprint density at radius 1 is 1.22 bits per heavy atom. The molecule has 7 nitrogen and oxygen atoms in total. The van der Waals surface area contributed by atoms with E-state index in [0.29, 0.717) is 54.2 Å². The predicted octanol–water partition coefficient (Wildman–Crippen LogP) is 5.50. The molecule has 1 spiro atoms. The maximum atomic E-state index is 13.2. The highest BCUT2D eigenvalue weighted by molar-refractivity contribution is 9.11. The number of carbonyl (C=O) groups excluding carboxylic acids is 3. The first kappa shape index (κ1) is 22.8. The largest absolute Gasteiger partial charge is 0.486 e. The Morgan fingerprint density at radius 2 is 1.91 bits per heavy atom. The van der Waals surface area contributed by atoms with Gasteiger partial charge in [0.1, 0.15) is 22.0 Å². The predicted molar refractivity (Wildman–Crippen MR) is 126 cm³/mol. The molecule has 0 radical (unpaired) electrons. The summed E-state index contributed by atoms with van der Waals surface area (Å²) in [6.45, 7) is 6.27. The van der Waals surface area contributed by atoms with Crippen molar-refractivity contribution < 1.29 is 23.9 Å². The Morgan fingerprint density at radius 3 is 2.59 bits per heavy atom. The Bertz CT molecular complexity index is 1070. The molecule has 1 N–H and O–H groups in total. The van der Waals surface area contributed by atoms with Crippen molar-refractivity contribution in [3.63, 3.8) is 0 Å². The van der Waals surface area contributed by atoms with Crippen molar-refractivity contribution in [3.05, 3.63) is 45.2 Å². The van der Waals surface area contributed by atoms with Gasteiger partial charge in [-0.1, -0.05) is 12.1 Å². The number of hydrogen-bond donors (Lipinski definition) is 1. The normalized spacial score (nSPS) is 17.5. The molecule has 0 saturated carbocycles. The Balaban J connectivity index is 1.45. The molecule has 2 aliphatic heterocycles. The van der Waals surface area contributed by atoms with Gasteiger partial charge in [-0.2, -0.15) is 0 Å². The molecule has 170 valence electrons. The molecular formula is C23H25BrN2O5S. The molecule has 2 aliphatic rings. The highest BCUT2D eigenvalue weighted by atomic mass is 79.9. The van der Waals surface area contributed by atoms with Crippen LogP contribution in [0.4, 0.5) is 9.80 Å². The summed E-state index contributed by atoms with van der Waals surface area (Å²) in [7, 11) is 0. The number of rotatable bonds is 2.